The number of carbonyl (C=O) groups excluding carboxylic acids is 1. The number of hydrogen-bond acceptors (Lipinski definition) is 5. The molecule has 0 spiro atoms. The van der Waals surface area contributed by atoms with Crippen LogP contribution in [0.4, 0.5) is 4.79 Å². The third kappa shape index (κ3) is 7.05. The van der Waals surface area contributed by atoms with Gasteiger partial charge in [0.25, 0.3) is 0 Å². The third-order valence-corrected chi connectivity index (χ3v) is 3.71. The highest BCUT2D eigenvalue weighted by atomic mass is 35.5. The molecule has 2 rings (SSSR count). The van der Waals surface area contributed by atoms with Gasteiger partial charge >= 0.3 is 6.09 Å². The fraction of sp³-hybridized carbons (Fsp3) is 0.556. The molecular weight excluding hydrogens is 372 g/mol. The van der Waals surface area contributed by atoms with Gasteiger partial charge < -0.3 is 30.2 Å². The average Bonchev–Trinajstić information content (AvgIpc) is 2.59. The predicted octanol–water partition coefficient (Wildman–Crippen LogP) is 2.30. The molecular formula is C18H27ClN4O4. The second-order valence-electron chi connectivity index (χ2n) is 6.88. The SMILES string of the molecule is CN=C(NCCNC(=O)OC(C)(C)C)NCc1cc(Cl)c2c(c1)OCCO2. The van der Waals surface area contributed by atoms with Crippen LogP contribution in [0, 0.1) is 0 Å². The highest BCUT2D eigenvalue weighted by Gasteiger charge is 2.17. The molecule has 27 heavy (non-hydrogen) atoms. The molecule has 0 aromatic heterocycles. The molecule has 150 valence electrons. The van der Waals surface area contributed by atoms with E-state index in [9.17, 15) is 4.79 Å². The van der Waals surface area contributed by atoms with Crippen molar-refractivity contribution in [2.75, 3.05) is 33.4 Å². The van der Waals surface area contributed by atoms with Gasteiger partial charge in [0.05, 0.1) is 5.02 Å². The van der Waals surface area contributed by atoms with Gasteiger partial charge in [-0.05, 0) is 38.5 Å². The Bertz CT molecular complexity index is 689. The standard InChI is InChI=1S/C18H27ClN4O4/c1-18(2,3)27-17(24)22-6-5-21-16(20-4)23-11-12-9-13(19)15-14(10-12)25-7-8-26-15/h9-10H,5-8,11H2,1-4H3,(H,22,24)(H2,20,21,23). The second-order valence-corrected chi connectivity index (χ2v) is 7.29. The summed E-state index contributed by atoms with van der Waals surface area (Å²) >= 11 is 6.24. The average molecular weight is 399 g/mol. The molecule has 0 saturated heterocycles. The van der Waals surface area contributed by atoms with Crippen molar-refractivity contribution in [2.24, 2.45) is 4.99 Å². The Morgan fingerprint density at radius 3 is 2.59 bits per heavy atom. The molecule has 1 heterocycles. The van der Waals surface area contributed by atoms with Crippen LogP contribution in [0.1, 0.15) is 26.3 Å². The number of carbonyl (C=O) groups is 1. The number of halogens is 1. The van der Waals surface area contributed by atoms with E-state index in [0.717, 1.165) is 5.56 Å². The fourth-order valence-electron chi connectivity index (χ4n) is 2.33. The van der Waals surface area contributed by atoms with Crippen molar-refractivity contribution in [3.63, 3.8) is 0 Å². The van der Waals surface area contributed by atoms with E-state index >= 15 is 0 Å². The van der Waals surface area contributed by atoms with E-state index < -0.39 is 11.7 Å². The van der Waals surface area contributed by atoms with E-state index in [4.69, 9.17) is 25.8 Å². The zero-order chi connectivity index (χ0) is 19.9. The number of benzene rings is 1. The summed E-state index contributed by atoms with van der Waals surface area (Å²) in [6.07, 6.45) is -0.446. The van der Waals surface area contributed by atoms with E-state index in [0.29, 0.717) is 55.3 Å². The van der Waals surface area contributed by atoms with Gasteiger partial charge in [0, 0.05) is 26.7 Å². The maximum atomic E-state index is 11.6. The zero-order valence-electron chi connectivity index (χ0n) is 16.1. The van der Waals surface area contributed by atoms with Crippen molar-refractivity contribution >= 4 is 23.7 Å². The molecule has 1 amide bonds. The lowest BCUT2D eigenvalue weighted by atomic mass is 10.2. The van der Waals surface area contributed by atoms with E-state index in [1.165, 1.54) is 0 Å². The first-order valence-electron chi connectivity index (χ1n) is 8.78. The number of ether oxygens (including phenoxy) is 3. The number of alkyl carbamates (subject to hydrolysis) is 1. The Hall–Kier alpha value is -2.35. The molecule has 1 aromatic carbocycles. The molecule has 0 unspecified atom stereocenters. The van der Waals surface area contributed by atoms with Crippen LogP contribution in [0.5, 0.6) is 11.5 Å². The van der Waals surface area contributed by atoms with E-state index in [1.54, 1.807) is 7.05 Å². The predicted molar refractivity (Wildman–Crippen MR) is 105 cm³/mol. The number of hydrogen-bond donors (Lipinski definition) is 3. The van der Waals surface area contributed by atoms with Crippen molar-refractivity contribution in [1.82, 2.24) is 16.0 Å². The highest BCUT2D eigenvalue weighted by molar-refractivity contribution is 6.32. The lowest BCUT2D eigenvalue weighted by molar-refractivity contribution is 0.0529. The van der Waals surface area contributed by atoms with Gasteiger partial charge in [-0.25, -0.2) is 4.79 Å². The molecule has 9 heteroatoms. The number of aliphatic imine (C=N–C) groups is 1. The zero-order valence-corrected chi connectivity index (χ0v) is 16.9. The molecule has 0 atom stereocenters. The van der Waals surface area contributed by atoms with Gasteiger partial charge in [-0.1, -0.05) is 11.6 Å². The summed E-state index contributed by atoms with van der Waals surface area (Å²) < 4.78 is 16.3. The number of rotatable bonds is 5. The Morgan fingerprint density at radius 2 is 1.89 bits per heavy atom. The number of amides is 1. The Morgan fingerprint density at radius 1 is 1.19 bits per heavy atom. The molecule has 0 saturated carbocycles. The van der Waals surface area contributed by atoms with Crippen molar-refractivity contribution in [3.05, 3.63) is 22.7 Å². The minimum absolute atomic E-state index is 0.408. The van der Waals surface area contributed by atoms with Crippen molar-refractivity contribution in [1.29, 1.82) is 0 Å². The molecule has 0 radical (unpaired) electrons. The van der Waals surface area contributed by atoms with Gasteiger partial charge in [0.15, 0.2) is 17.5 Å². The molecule has 0 fully saturated rings. The summed E-state index contributed by atoms with van der Waals surface area (Å²) in [5, 5.41) is 9.50. The molecule has 3 N–H and O–H groups in total. The quantitative estimate of drug-likeness (QED) is 0.400. The van der Waals surface area contributed by atoms with Crippen molar-refractivity contribution in [2.45, 2.75) is 32.9 Å². The van der Waals surface area contributed by atoms with E-state index in [-0.39, 0.29) is 0 Å². The number of fused-ring (bicyclic) bond motifs is 1. The topological polar surface area (TPSA) is 93.2 Å². The summed E-state index contributed by atoms with van der Waals surface area (Å²) in [7, 11) is 1.67. The molecule has 0 bridgehead atoms. The largest absolute Gasteiger partial charge is 0.486 e. The number of nitrogens with one attached hydrogen (secondary N) is 3. The monoisotopic (exact) mass is 398 g/mol. The molecule has 1 aliphatic heterocycles. The minimum Gasteiger partial charge on any atom is -0.486 e. The van der Waals surface area contributed by atoms with Crippen LogP contribution < -0.4 is 25.4 Å². The van der Waals surface area contributed by atoms with Crippen LogP contribution >= 0.6 is 11.6 Å². The molecule has 8 nitrogen and oxygen atoms in total. The van der Waals surface area contributed by atoms with E-state index in [1.807, 2.05) is 32.9 Å². The van der Waals surface area contributed by atoms with Crippen molar-refractivity contribution < 1.29 is 19.0 Å². The lowest BCUT2D eigenvalue weighted by Gasteiger charge is -2.21. The Labute approximate surface area is 164 Å². The minimum atomic E-state index is -0.514. The van der Waals surface area contributed by atoms with Crippen LogP contribution in [0.2, 0.25) is 5.02 Å². The van der Waals surface area contributed by atoms with Crippen molar-refractivity contribution in [3.8, 4) is 11.5 Å². The summed E-state index contributed by atoms with van der Waals surface area (Å²) in [5.41, 5.74) is 0.430. The van der Waals surface area contributed by atoms with Gasteiger partial charge in [0.2, 0.25) is 0 Å². The number of guanidine groups is 1. The maximum Gasteiger partial charge on any atom is 0.407 e. The Balaban J connectivity index is 1.76. The van der Waals surface area contributed by atoms with Crippen LogP contribution in [0.15, 0.2) is 17.1 Å². The fourth-order valence-corrected chi connectivity index (χ4v) is 2.62. The van der Waals surface area contributed by atoms with Gasteiger partial charge in [-0.3, -0.25) is 4.99 Å². The summed E-state index contributed by atoms with van der Waals surface area (Å²) in [6, 6.07) is 3.73. The smallest absolute Gasteiger partial charge is 0.407 e. The molecule has 1 aromatic rings. The maximum absolute atomic E-state index is 11.6. The van der Waals surface area contributed by atoms with Crippen LogP contribution in [0.25, 0.3) is 0 Å². The van der Waals surface area contributed by atoms with Crippen LogP contribution in [-0.2, 0) is 11.3 Å². The number of nitrogens with zero attached hydrogens (tertiary/aromatic N) is 1. The Kier molecular flexibility index (Phi) is 7.41. The van der Waals surface area contributed by atoms with Crippen LogP contribution in [-0.4, -0.2) is 51.0 Å². The lowest BCUT2D eigenvalue weighted by Crippen LogP contribution is -2.42. The van der Waals surface area contributed by atoms with Gasteiger partial charge in [-0.15, -0.1) is 0 Å². The molecule has 1 aliphatic rings. The summed E-state index contributed by atoms with van der Waals surface area (Å²) in [4.78, 5) is 15.7. The molecule has 0 aliphatic carbocycles. The summed E-state index contributed by atoms with van der Waals surface area (Å²) in [5.74, 6) is 1.84. The van der Waals surface area contributed by atoms with Gasteiger partial charge in [-0.2, -0.15) is 0 Å². The second kappa shape index (κ2) is 9.55. The first-order chi connectivity index (χ1) is 12.8. The highest BCUT2D eigenvalue weighted by Crippen LogP contribution is 2.38. The van der Waals surface area contributed by atoms with E-state index in [2.05, 4.69) is 20.9 Å². The normalized spacial score (nSPS) is 13.7. The first kappa shape index (κ1) is 21.0. The van der Waals surface area contributed by atoms with Gasteiger partial charge in [0.1, 0.15) is 18.8 Å². The first-order valence-corrected chi connectivity index (χ1v) is 9.15. The third-order valence-electron chi connectivity index (χ3n) is 3.43. The summed E-state index contributed by atoms with van der Waals surface area (Å²) in [6.45, 7) is 7.89. The van der Waals surface area contributed by atoms with Crippen LogP contribution in [0.3, 0.4) is 0 Å².